The summed E-state index contributed by atoms with van der Waals surface area (Å²) in [7, 11) is 0. The molecule has 186 valence electrons. The maximum Gasteiger partial charge on any atom is 0.407 e. The van der Waals surface area contributed by atoms with Crippen molar-refractivity contribution in [2.75, 3.05) is 26.2 Å². The van der Waals surface area contributed by atoms with Gasteiger partial charge in [0.05, 0.1) is 17.8 Å². The molecule has 0 spiro atoms. The quantitative estimate of drug-likeness (QED) is 0.641. The van der Waals surface area contributed by atoms with Crippen LogP contribution in [0.2, 0.25) is 0 Å². The van der Waals surface area contributed by atoms with E-state index in [0.717, 1.165) is 27.2 Å². The summed E-state index contributed by atoms with van der Waals surface area (Å²) < 4.78 is 45.0. The van der Waals surface area contributed by atoms with Crippen LogP contribution < -0.4 is 5.32 Å². The fourth-order valence-electron chi connectivity index (χ4n) is 4.85. The molecule has 2 aromatic rings. The molecular weight excluding hydrogens is 465 g/mol. The van der Waals surface area contributed by atoms with Gasteiger partial charge in [0.15, 0.2) is 0 Å². The highest BCUT2D eigenvalue weighted by Gasteiger charge is 2.53. The van der Waals surface area contributed by atoms with Crippen molar-refractivity contribution in [3.63, 3.8) is 0 Å². The number of hydrogen-bond acceptors (Lipinski definition) is 4. The van der Waals surface area contributed by atoms with Crippen LogP contribution in [0.3, 0.4) is 0 Å². The number of hydrogen-bond donors (Lipinski definition) is 2. The van der Waals surface area contributed by atoms with Gasteiger partial charge in [0.1, 0.15) is 6.61 Å². The minimum Gasteiger partial charge on any atom is -0.481 e. The molecule has 3 atom stereocenters. The number of carboxylic acids is 1. The van der Waals surface area contributed by atoms with Gasteiger partial charge in [-0.15, -0.1) is 0 Å². The Labute approximate surface area is 199 Å². The second-order valence-electron chi connectivity index (χ2n) is 8.94. The number of ether oxygens (including phenoxy) is 1. The topological polar surface area (TPSA) is 95.9 Å². The lowest BCUT2D eigenvalue weighted by atomic mass is 9.96. The van der Waals surface area contributed by atoms with Crippen molar-refractivity contribution >= 4 is 18.0 Å². The van der Waals surface area contributed by atoms with Gasteiger partial charge < -0.3 is 20.1 Å². The number of rotatable bonds is 6. The van der Waals surface area contributed by atoms with Crippen molar-refractivity contribution in [3.05, 3.63) is 59.7 Å². The number of benzene rings is 2. The molecule has 2 N–H and O–H groups in total. The SMILES string of the molecule is CC(CNC(=O)OCC1c2ccccc2-c2ccccc21)C(=O)N1CC(C(=O)O)C(C(F)(F)F)C1. The van der Waals surface area contributed by atoms with Crippen LogP contribution in [0.25, 0.3) is 11.1 Å². The first-order valence-corrected chi connectivity index (χ1v) is 11.2. The van der Waals surface area contributed by atoms with Crippen LogP contribution in [0.15, 0.2) is 48.5 Å². The van der Waals surface area contributed by atoms with E-state index in [0.29, 0.717) is 0 Å². The number of alkyl carbamates (subject to hydrolysis) is 1. The maximum absolute atomic E-state index is 13.2. The Morgan fingerprint density at radius 1 is 1.06 bits per heavy atom. The Bertz CT molecular complexity index is 1090. The monoisotopic (exact) mass is 490 g/mol. The zero-order valence-corrected chi connectivity index (χ0v) is 18.9. The van der Waals surface area contributed by atoms with Crippen LogP contribution in [-0.4, -0.2) is 60.4 Å². The van der Waals surface area contributed by atoms with Crippen molar-refractivity contribution in [2.45, 2.75) is 19.0 Å². The molecule has 1 aliphatic carbocycles. The number of nitrogens with one attached hydrogen (secondary N) is 1. The molecule has 2 amide bonds. The number of halogens is 3. The lowest BCUT2D eigenvalue weighted by Crippen LogP contribution is -2.40. The van der Waals surface area contributed by atoms with Crippen molar-refractivity contribution in [1.29, 1.82) is 0 Å². The van der Waals surface area contributed by atoms with Gasteiger partial charge in [-0.05, 0) is 22.3 Å². The van der Waals surface area contributed by atoms with Crippen LogP contribution in [0.4, 0.5) is 18.0 Å². The molecule has 1 heterocycles. The molecule has 0 saturated carbocycles. The van der Waals surface area contributed by atoms with Crippen LogP contribution in [0, 0.1) is 17.8 Å². The van der Waals surface area contributed by atoms with Gasteiger partial charge in [0.25, 0.3) is 0 Å². The molecule has 0 radical (unpaired) electrons. The summed E-state index contributed by atoms with van der Waals surface area (Å²) in [5.74, 6) is -7.05. The van der Waals surface area contributed by atoms with E-state index in [2.05, 4.69) is 5.32 Å². The number of carbonyl (C=O) groups is 3. The Morgan fingerprint density at radius 3 is 2.14 bits per heavy atom. The molecule has 35 heavy (non-hydrogen) atoms. The Balaban J connectivity index is 1.31. The fourth-order valence-corrected chi connectivity index (χ4v) is 4.85. The molecule has 2 aromatic carbocycles. The molecule has 1 fully saturated rings. The van der Waals surface area contributed by atoms with Crippen molar-refractivity contribution < 1.29 is 37.4 Å². The number of nitrogens with zero attached hydrogens (tertiary/aromatic N) is 1. The highest BCUT2D eigenvalue weighted by atomic mass is 19.4. The molecule has 1 aliphatic heterocycles. The Hall–Kier alpha value is -3.56. The lowest BCUT2D eigenvalue weighted by Gasteiger charge is -2.22. The van der Waals surface area contributed by atoms with Crippen molar-refractivity contribution in [1.82, 2.24) is 10.2 Å². The van der Waals surface area contributed by atoms with E-state index in [1.807, 2.05) is 48.5 Å². The van der Waals surface area contributed by atoms with E-state index < -0.39 is 55.0 Å². The summed E-state index contributed by atoms with van der Waals surface area (Å²) in [6, 6.07) is 15.7. The third-order valence-corrected chi connectivity index (χ3v) is 6.69. The molecular formula is C25H25F3N2O5. The van der Waals surface area contributed by atoms with Crippen LogP contribution in [-0.2, 0) is 14.3 Å². The standard InChI is InChI=1S/C25H25F3N2O5/c1-14(22(31)30-11-19(23(32)33)21(12-30)25(26,27)28)10-29-24(34)35-13-20-17-8-4-2-6-15(17)16-7-3-5-9-18(16)20/h2-9,14,19-21H,10-13H2,1H3,(H,29,34)(H,32,33). The van der Waals surface area contributed by atoms with E-state index in [4.69, 9.17) is 9.84 Å². The number of alkyl halides is 3. The van der Waals surface area contributed by atoms with Gasteiger partial charge in [-0.25, -0.2) is 4.79 Å². The average molecular weight is 490 g/mol. The zero-order valence-electron chi connectivity index (χ0n) is 18.9. The van der Waals surface area contributed by atoms with E-state index in [9.17, 15) is 27.6 Å². The van der Waals surface area contributed by atoms with Gasteiger partial charge in [-0.2, -0.15) is 13.2 Å². The first-order valence-electron chi connectivity index (χ1n) is 11.2. The number of aliphatic carboxylic acids is 1. The largest absolute Gasteiger partial charge is 0.481 e. The lowest BCUT2D eigenvalue weighted by molar-refractivity contribution is -0.188. The normalized spacial score (nSPS) is 20.2. The number of amides is 2. The molecule has 0 bridgehead atoms. The molecule has 7 nitrogen and oxygen atoms in total. The number of fused-ring (bicyclic) bond motifs is 3. The summed E-state index contributed by atoms with van der Waals surface area (Å²) in [4.78, 5) is 37.1. The van der Waals surface area contributed by atoms with Gasteiger partial charge in [-0.3, -0.25) is 9.59 Å². The molecule has 4 rings (SSSR count). The van der Waals surface area contributed by atoms with E-state index >= 15 is 0 Å². The second kappa shape index (κ2) is 9.59. The van der Waals surface area contributed by atoms with Crippen molar-refractivity contribution in [3.8, 4) is 11.1 Å². The van der Waals surface area contributed by atoms with Crippen LogP contribution >= 0.6 is 0 Å². The highest BCUT2D eigenvalue weighted by Crippen LogP contribution is 2.44. The third-order valence-electron chi connectivity index (χ3n) is 6.69. The zero-order chi connectivity index (χ0) is 25.3. The number of carboxylic acid groups (broad SMARTS) is 1. The predicted octanol–water partition coefficient (Wildman–Crippen LogP) is 3.88. The van der Waals surface area contributed by atoms with Gasteiger partial charge in [0, 0.05) is 25.6 Å². The summed E-state index contributed by atoms with van der Waals surface area (Å²) in [6.07, 6.45) is -5.47. The third kappa shape index (κ3) is 4.96. The van der Waals surface area contributed by atoms with Gasteiger partial charge in [-0.1, -0.05) is 55.5 Å². The summed E-state index contributed by atoms with van der Waals surface area (Å²) in [5.41, 5.74) is 4.26. The van der Waals surface area contributed by atoms with E-state index in [1.54, 1.807) is 0 Å². The number of likely N-dealkylation sites (tertiary alicyclic amines) is 1. The molecule has 0 aromatic heterocycles. The first-order chi connectivity index (χ1) is 16.6. The van der Waals surface area contributed by atoms with E-state index in [1.165, 1.54) is 6.92 Å². The fraction of sp³-hybridized carbons (Fsp3) is 0.400. The molecule has 1 saturated heterocycles. The summed E-state index contributed by atoms with van der Waals surface area (Å²) >= 11 is 0. The minimum absolute atomic E-state index is 0.0852. The van der Waals surface area contributed by atoms with Gasteiger partial charge >= 0.3 is 18.2 Å². The van der Waals surface area contributed by atoms with Gasteiger partial charge in [0.2, 0.25) is 5.91 Å². The maximum atomic E-state index is 13.2. The summed E-state index contributed by atoms with van der Waals surface area (Å²) in [5, 5.41) is 11.6. The predicted molar refractivity (Wildman–Crippen MR) is 119 cm³/mol. The summed E-state index contributed by atoms with van der Waals surface area (Å²) in [6.45, 7) is 0.160. The Kier molecular flexibility index (Phi) is 6.73. The Morgan fingerprint density at radius 2 is 1.63 bits per heavy atom. The minimum atomic E-state index is -4.72. The van der Waals surface area contributed by atoms with Crippen LogP contribution in [0.5, 0.6) is 0 Å². The average Bonchev–Trinajstić information content (AvgIpc) is 3.41. The van der Waals surface area contributed by atoms with Crippen molar-refractivity contribution in [2.24, 2.45) is 17.8 Å². The number of carbonyl (C=O) groups excluding carboxylic acids is 2. The molecule has 3 unspecified atom stereocenters. The molecule has 2 aliphatic rings. The van der Waals surface area contributed by atoms with Crippen LogP contribution in [0.1, 0.15) is 24.0 Å². The first kappa shape index (κ1) is 24.6. The smallest absolute Gasteiger partial charge is 0.407 e. The van der Waals surface area contributed by atoms with E-state index in [-0.39, 0.29) is 19.1 Å². The molecule has 10 heteroatoms. The second-order valence-corrected chi connectivity index (χ2v) is 8.94. The highest BCUT2D eigenvalue weighted by molar-refractivity contribution is 5.82.